The first-order chi connectivity index (χ1) is 8.08. The summed E-state index contributed by atoms with van der Waals surface area (Å²) < 4.78 is 18.5. The van der Waals surface area contributed by atoms with Gasteiger partial charge in [0.2, 0.25) is 0 Å². The fourth-order valence-electron chi connectivity index (χ4n) is 1.60. The molecule has 0 amide bonds. The smallest absolute Gasteiger partial charge is 0.197 e. The summed E-state index contributed by atoms with van der Waals surface area (Å²) in [6.07, 6.45) is 1.79. The molecule has 2 rings (SSSR count). The zero-order valence-electron chi connectivity index (χ0n) is 8.79. The molecule has 1 heterocycles. The van der Waals surface area contributed by atoms with Gasteiger partial charge in [-0.05, 0) is 41.8 Å². The van der Waals surface area contributed by atoms with Gasteiger partial charge in [0.15, 0.2) is 5.22 Å². The zero-order valence-corrected chi connectivity index (χ0v) is 10.3. The molecule has 0 fully saturated rings. The van der Waals surface area contributed by atoms with E-state index in [0.717, 1.165) is 0 Å². The van der Waals surface area contributed by atoms with Crippen LogP contribution >= 0.6 is 23.2 Å². The normalized spacial score (nSPS) is 12.7. The third kappa shape index (κ3) is 2.80. The van der Waals surface area contributed by atoms with E-state index in [4.69, 9.17) is 33.4 Å². The summed E-state index contributed by atoms with van der Waals surface area (Å²) in [6, 6.07) is 5.79. The number of furan rings is 1. The van der Waals surface area contributed by atoms with Crippen molar-refractivity contribution in [3.8, 4) is 0 Å². The average Bonchev–Trinajstić information content (AvgIpc) is 2.68. The predicted molar refractivity (Wildman–Crippen MR) is 65.8 cm³/mol. The van der Waals surface area contributed by atoms with Crippen LogP contribution in [0.5, 0.6) is 0 Å². The maximum atomic E-state index is 13.6. The van der Waals surface area contributed by atoms with Crippen molar-refractivity contribution in [2.24, 2.45) is 5.73 Å². The van der Waals surface area contributed by atoms with E-state index < -0.39 is 6.04 Å². The lowest BCUT2D eigenvalue weighted by atomic mass is 10.0. The summed E-state index contributed by atoms with van der Waals surface area (Å²) in [7, 11) is 0. The van der Waals surface area contributed by atoms with Gasteiger partial charge in [-0.25, -0.2) is 4.39 Å². The Kier molecular flexibility index (Phi) is 3.72. The largest absolute Gasteiger partial charge is 0.453 e. The van der Waals surface area contributed by atoms with Crippen LogP contribution in [0.4, 0.5) is 4.39 Å². The lowest BCUT2D eigenvalue weighted by Gasteiger charge is -2.11. The van der Waals surface area contributed by atoms with E-state index in [9.17, 15) is 4.39 Å². The Hall–Kier alpha value is -1.03. The van der Waals surface area contributed by atoms with Crippen LogP contribution in [0.25, 0.3) is 0 Å². The lowest BCUT2D eigenvalue weighted by Crippen LogP contribution is -2.13. The molecule has 1 aromatic heterocycles. The van der Waals surface area contributed by atoms with Gasteiger partial charge in [-0.15, -0.1) is 0 Å². The van der Waals surface area contributed by atoms with Crippen molar-refractivity contribution in [3.05, 3.63) is 57.7 Å². The molecule has 0 saturated heterocycles. The van der Waals surface area contributed by atoms with E-state index >= 15 is 0 Å². The molecule has 0 bridgehead atoms. The number of hydrogen-bond donors (Lipinski definition) is 1. The monoisotopic (exact) mass is 273 g/mol. The Bertz CT molecular complexity index is 527. The SMILES string of the molecule is NC(Cc1ccc(Cl)cc1F)c1ccoc1Cl. The first-order valence-corrected chi connectivity index (χ1v) is 5.76. The third-order valence-corrected chi connectivity index (χ3v) is 3.04. The molecule has 5 heteroatoms. The minimum absolute atomic E-state index is 0.242. The summed E-state index contributed by atoms with van der Waals surface area (Å²) in [5.41, 5.74) is 7.10. The Balaban J connectivity index is 2.19. The minimum atomic E-state index is -0.406. The summed E-state index contributed by atoms with van der Waals surface area (Å²) in [5.74, 6) is -0.368. The quantitative estimate of drug-likeness (QED) is 0.919. The van der Waals surface area contributed by atoms with Crippen molar-refractivity contribution in [2.45, 2.75) is 12.5 Å². The van der Waals surface area contributed by atoms with E-state index in [2.05, 4.69) is 0 Å². The second-order valence-corrected chi connectivity index (χ2v) is 4.48. The molecule has 90 valence electrons. The molecule has 1 atom stereocenters. The Morgan fingerprint density at radius 1 is 1.29 bits per heavy atom. The highest BCUT2D eigenvalue weighted by Gasteiger charge is 2.15. The van der Waals surface area contributed by atoms with E-state index in [1.54, 1.807) is 18.2 Å². The number of nitrogens with two attached hydrogens (primary N) is 1. The van der Waals surface area contributed by atoms with Crippen LogP contribution in [0.3, 0.4) is 0 Å². The minimum Gasteiger partial charge on any atom is -0.453 e. The van der Waals surface area contributed by atoms with Crippen LogP contribution in [0.1, 0.15) is 17.2 Å². The molecule has 0 saturated carbocycles. The molecule has 0 spiro atoms. The van der Waals surface area contributed by atoms with Gasteiger partial charge < -0.3 is 10.2 Å². The molecule has 0 radical (unpaired) electrons. The van der Waals surface area contributed by atoms with Gasteiger partial charge in [-0.3, -0.25) is 0 Å². The molecule has 0 aliphatic heterocycles. The third-order valence-electron chi connectivity index (χ3n) is 2.50. The molecule has 17 heavy (non-hydrogen) atoms. The van der Waals surface area contributed by atoms with Gasteiger partial charge >= 0.3 is 0 Å². The van der Waals surface area contributed by atoms with Crippen molar-refractivity contribution in [2.75, 3.05) is 0 Å². The summed E-state index contributed by atoms with van der Waals surface area (Å²) in [6.45, 7) is 0. The number of benzene rings is 1. The molecule has 1 aromatic carbocycles. The van der Waals surface area contributed by atoms with Crippen LogP contribution in [0.15, 0.2) is 34.9 Å². The summed E-state index contributed by atoms with van der Waals surface area (Å²) in [5, 5.41) is 0.605. The number of halogens is 3. The van der Waals surface area contributed by atoms with Crippen LogP contribution in [0, 0.1) is 5.82 Å². The molecule has 1 unspecified atom stereocenters. The van der Waals surface area contributed by atoms with Crippen molar-refractivity contribution in [1.82, 2.24) is 0 Å². The fourth-order valence-corrected chi connectivity index (χ4v) is 2.02. The molecule has 2 nitrogen and oxygen atoms in total. The average molecular weight is 274 g/mol. The Labute approximate surface area is 108 Å². The number of rotatable bonds is 3. The topological polar surface area (TPSA) is 39.2 Å². The van der Waals surface area contributed by atoms with Gasteiger partial charge in [-0.2, -0.15) is 0 Å². The van der Waals surface area contributed by atoms with Gasteiger partial charge in [0.25, 0.3) is 0 Å². The van der Waals surface area contributed by atoms with Crippen LogP contribution in [0.2, 0.25) is 10.2 Å². The number of hydrogen-bond acceptors (Lipinski definition) is 2. The second kappa shape index (κ2) is 5.08. The van der Waals surface area contributed by atoms with Crippen molar-refractivity contribution >= 4 is 23.2 Å². The van der Waals surface area contributed by atoms with Gasteiger partial charge in [0.05, 0.1) is 6.26 Å². The van der Waals surface area contributed by atoms with Gasteiger partial charge in [0, 0.05) is 16.6 Å². The Morgan fingerprint density at radius 3 is 2.65 bits per heavy atom. The van der Waals surface area contributed by atoms with Crippen LogP contribution < -0.4 is 5.73 Å². The van der Waals surface area contributed by atoms with Crippen LogP contribution in [-0.4, -0.2) is 0 Å². The fraction of sp³-hybridized carbons (Fsp3) is 0.167. The first kappa shape index (κ1) is 12.4. The highest BCUT2D eigenvalue weighted by atomic mass is 35.5. The maximum Gasteiger partial charge on any atom is 0.197 e. The molecule has 2 aromatic rings. The highest BCUT2D eigenvalue weighted by Crippen LogP contribution is 2.26. The lowest BCUT2D eigenvalue weighted by molar-refractivity contribution is 0.557. The van der Waals surface area contributed by atoms with Crippen molar-refractivity contribution < 1.29 is 8.81 Å². The second-order valence-electron chi connectivity index (χ2n) is 3.70. The maximum absolute atomic E-state index is 13.6. The summed E-state index contributed by atoms with van der Waals surface area (Å²) in [4.78, 5) is 0. The van der Waals surface area contributed by atoms with Crippen molar-refractivity contribution in [1.29, 1.82) is 0 Å². The molecular formula is C12H10Cl2FNO. The summed E-state index contributed by atoms with van der Waals surface area (Å²) >= 11 is 11.5. The Morgan fingerprint density at radius 2 is 2.06 bits per heavy atom. The van der Waals surface area contributed by atoms with E-state index in [-0.39, 0.29) is 11.0 Å². The van der Waals surface area contributed by atoms with Gasteiger partial charge in [0.1, 0.15) is 5.82 Å². The first-order valence-electron chi connectivity index (χ1n) is 5.00. The molecular weight excluding hydrogens is 264 g/mol. The van der Waals surface area contributed by atoms with E-state index in [0.29, 0.717) is 22.6 Å². The standard InChI is InChI=1S/C12H10Cl2FNO/c13-8-2-1-7(10(15)6-8)5-11(16)9-3-4-17-12(9)14/h1-4,6,11H,5,16H2. The van der Waals surface area contributed by atoms with Crippen LogP contribution in [-0.2, 0) is 6.42 Å². The predicted octanol–water partition coefficient (Wildman–Crippen LogP) is 3.97. The van der Waals surface area contributed by atoms with E-state index in [1.165, 1.54) is 12.3 Å². The molecule has 0 aliphatic carbocycles. The highest BCUT2D eigenvalue weighted by molar-refractivity contribution is 6.30. The zero-order chi connectivity index (χ0) is 12.4. The molecule has 0 aliphatic rings. The molecule has 2 N–H and O–H groups in total. The van der Waals surface area contributed by atoms with Crippen molar-refractivity contribution in [3.63, 3.8) is 0 Å². The van der Waals surface area contributed by atoms with Gasteiger partial charge in [-0.1, -0.05) is 17.7 Å². The van der Waals surface area contributed by atoms with E-state index in [1.807, 2.05) is 0 Å².